The van der Waals surface area contributed by atoms with Crippen molar-refractivity contribution in [3.8, 4) is 17.4 Å². The number of anilines is 1. The zero-order chi connectivity index (χ0) is 15.2. The molecule has 1 heterocycles. The van der Waals surface area contributed by atoms with Gasteiger partial charge in [0.05, 0.1) is 11.5 Å². The number of hydrogen-bond donors (Lipinski definition) is 1. The van der Waals surface area contributed by atoms with Gasteiger partial charge in [0.1, 0.15) is 5.82 Å². The van der Waals surface area contributed by atoms with Crippen molar-refractivity contribution in [3.05, 3.63) is 46.5 Å². The molecule has 0 bridgehead atoms. The summed E-state index contributed by atoms with van der Waals surface area (Å²) in [7, 11) is 1.67. The number of benzene rings is 1. The Morgan fingerprint density at radius 2 is 1.95 bits per heavy atom. The molecule has 2 aromatic rings. The van der Waals surface area contributed by atoms with E-state index in [1.807, 2.05) is 6.92 Å². The minimum atomic E-state index is -0.537. The van der Waals surface area contributed by atoms with Gasteiger partial charge in [-0.3, -0.25) is 10.1 Å². The molecule has 7 nitrogen and oxygen atoms in total. The summed E-state index contributed by atoms with van der Waals surface area (Å²) in [5, 5.41) is 13.9. The summed E-state index contributed by atoms with van der Waals surface area (Å²) in [5.74, 6) is 1.28. The number of hydrogen-bond acceptors (Lipinski definition) is 6. The number of nitrogens with one attached hydrogen (secondary N) is 1. The van der Waals surface area contributed by atoms with Crippen molar-refractivity contribution in [1.29, 1.82) is 0 Å². The minimum Gasteiger partial charge on any atom is -0.490 e. The highest BCUT2D eigenvalue weighted by atomic mass is 16.6. The number of aromatic nitrogens is 1. The van der Waals surface area contributed by atoms with Crippen molar-refractivity contribution in [2.75, 3.05) is 19.0 Å². The highest BCUT2D eigenvalue weighted by Crippen LogP contribution is 2.35. The van der Waals surface area contributed by atoms with Gasteiger partial charge in [-0.25, -0.2) is 0 Å². The van der Waals surface area contributed by atoms with E-state index in [9.17, 15) is 10.1 Å². The fraction of sp³-hybridized carbons (Fsp3) is 0.214. The van der Waals surface area contributed by atoms with Gasteiger partial charge in [0, 0.05) is 13.1 Å². The van der Waals surface area contributed by atoms with Crippen LogP contribution in [0.25, 0.3) is 0 Å². The number of para-hydroxylation sites is 2. The second-order valence-corrected chi connectivity index (χ2v) is 4.01. The molecule has 0 saturated carbocycles. The summed E-state index contributed by atoms with van der Waals surface area (Å²) in [6.45, 7) is 2.31. The molecule has 0 aliphatic rings. The lowest BCUT2D eigenvalue weighted by Gasteiger charge is -2.11. The molecule has 1 aromatic carbocycles. The highest BCUT2D eigenvalue weighted by molar-refractivity contribution is 5.51. The van der Waals surface area contributed by atoms with Gasteiger partial charge in [-0.2, -0.15) is 4.98 Å². The molecule has 0 fully saturated rings. The molecule has 1 N–H and O–H groups in total. The number of pyridine rings is 1. The minimum absolute atomic E-state index is 0.0843. The molecule has 0 unspecified atom stereocenters. The fourth-order valence-corrected chi connectivity index (χ4v) is 1.70. The molecule has 7 heteroatoms. The molecular weight excluding hydrogens is 274 g/mol. The van der Waals surface area contributed by atoms with Gasteiger partial charge >= 0.3 is 11.6 Å². The van der Waals surface area contributed by atoms with Crippen molar-refractivity contribution < 1.29 is 14.4 Å². The van der Waals surface area contributed by atoms with E-state index in [0.29, 0.717) is 23.9 Å². The molecule has 0 atom stereocenters. The lowest BCUT2D eigenvalue weighted by atomic mass is 10.3. The van der Waals surface area contributed by atoms with E-state index in [4.69, 9.17) is 9.47 Å². The van der Waals surface area contributed by atoms with Crippen molar-refractivity contribution in [3.63, 3.8) is 0 Å². The summed E-state index contributed by atoms with van der Waals surface area (Å²) >= 11 is 0. The zero-order valence-electron chi connectivity index (χ0n) is 11.7. The maximum absolute atomic E-state index is 11.1. The van der Waals surface area contributed by atoms with Crippen molar-refractivity contribution in [2.24, 2.45) is 0 Å². The molecule has 0 spiro atoms. The summed E-state index contributed by atoms with van der Waals surface area (Å²) < 4.78 is 11.0. The zero-order valence-corrected chi connectivity index (χ0v) is 11.7. The quantitative estimate of drug-likeness (QED) is 0.649. The van der Waals surface area contributed by atoms with Crippen LogP contribution in [-0.2, 0) is 0 Å². The summed E-state index contributed by atoms with van der Waals surface area (Å²) in [5.41, 5.74) is -0.208. The van der Waals surface area contributed by atoms with Crippen LogP contribution in [0.5, 0.6) is 17.4 Å². The number of nitrogens with zero attached hydrogens (tertiary/aromatic N) is 2. The maximum Gasteiger partial charge on any atom is 0.331 e. The predicted molar refractivity (Wildman–Crippen MR) is 78.1 cm³/mol. The Morgan fingerprint density at radius 1 is 1.24 bits per heavy atom. The third kappa shape index (κ3) is 3.38. The summed E-state index contributed by atoms with van der Waals surface area (Å²) in [4.78, 5) is 14.6. The van der Waals surface area contributed by atoms with Crippen molar-refractivity contribution >= 4 is 11.5 Å². The van der Waals surface area contributed by atoms with Crippen LogP contribution < -0.4 is 14.8 Å². The predicted octanol–water partition coefficient (Wildman–Crippen LogP) is 3.22. The first-order valence-corrected chi connectivity index (χ1v) is 6.38. The van der Waals surface area contributed by atoms with E-state index in [-0.39, 0.29) is 11.6 Å². The molecule has 0 saturated heterocycles. The van der Waals surface area contributed by atoms with E-state index in [2.05, 4.69) is 10.3 Å². The van der Waals surface area contributed by atoms with Gasteiger partial charge in [-0.15, -0.1) is 0 Å². The average Bonchev–Trinajstić information content (AvgIpc) is 2.49. The normalized spacial score (nSPS) is 10.0. The van der Waals surface area contributed by atoms with Crippen LogP contribution >= 0.6 is 0 Å². The smallest absolute Gasteiger partial charge is 0.331 e. The largest absolute Gasteiger partial charge is 0.490 e. The van der Waals surface area contributed by atoms with E-state index in [1.54, 1.807) is 31.3 Å². The Morgan fingerprint density at radius 3 is 2.57 bits per heavy atom. The van der Waals surface area contributed by atoms with E-state index in [0.717, 1.165) is 0 Å². The average molecular weight is 289 g/mol. The van der Waals surface area contributed by atoms with Gasteiger partial charge in [0.15, 0.2) is 11.5 Å². The van der Waals surface area contributed by atoms with Crippen LogP contribution in [0.15, 0.2) is 36.4 Å². The molecule has 0 amide bonds. The second-order valence-electron chi connectivity index (χ2n) is 4.01. The molecule has 2 rings (SSSR count). The van der Waals surface area contributed by atoms with Crippen molar-refractivity contribution in [2.45, 2.75) is 6.92 Å². The van der Waals surface area contributed by atoms with Crippen LogP contribution in [-0.4, -0.2) is 23.6 Å². The molecule has 0 aliphatic carbocycles. The van der Waals surface area contributed by atoms with E-state index < -0.39 is 4.92 Å². The van der Waals surface area contributed by atoms with Crippen LogP contribution in [0.4, 0.5) is 11.5 Å². The Bertz CT molecular complexity index is 646. The Labute approximate surface area is 121 Å². The van der Waals surface area contributed by atoms with Gasteiger partial charge in [-0.1, -0.05) is 12.1 Å². The molecule has 21 heavy (non-hydrogen) atoms. The topological polar surface area (TPSA) is 86.5 Å². The van der Waals surface area contributed by atoms with Crippen molar-refractivity contribution in [1.82, 2.24) is 4.98 Å². The maximum atomic E-state index is 11.1. The van der Waals surface area contributed by atoms with Gasteiger partial charge < -0.3 is 14.8 Å². The monoisotopic (exact) mass is 289 g/mol. The van der Waals surface area contributed by atoms with E-state index >= 15 is 0 Å². The molecule has 1 aromatic heterocycles. The number of ether oxygens (including phenoxy) is 2. The molecule has 0 aliphatic heterocycles. The van der Waals surface area contributed by atoms with Gasteiger partial charge in [0.25, 0.3) is 0 Å². The Kier molecular flexibility index (Phi) is 4.55. The van der Waals surface area contributed by atoms with Crippen LogP contribution in [0.3, 0.4) is 0 Å². The van der Waals surface area contributed by atoms with Crippen LogP contribution in [0.1, 0.15) is 6.92 Å². The second kappa shape index (κ2) is 6.56. The standard InChI is InChI=1S/C14H15N3O4/c1-3-20-11-6-4-5-7-12(11)21-14-10(17(18)19)8-9-13(15-2)16-14/h4-9H,3H2,1-2H3,(H,15,16). The Hall–Kier alpha value is -2.83. The Balaban J connectivity index is 2.40. The highest BCUT2D eigenvalue weighted by Gasteiger charge is 2.19. The molecular formula is C14H15N3O4. The van der Waals surface area contributed by atoms with E-state index in [1.165, 1.54) is 12.1 Å². The SMILES string of the molecule is CCOc1ccccc1Oc1nc(NC)ccc1[N+](=O)[O-]. The summed E-state index contributed by atoms with van der Waals surface area (Å²) in [6, 6.07) is 9.81. The van der Waals surface area contributed by atoms with Crippen LogP contribution in [0, 0.1) is 10.1 Å². The number of rotatable bonds is 6. The first kappa shape index (κ1) is 14.6. The third-order valence-electron chi connectivity index (χ3n) is 2.65. The fourth-order valence-electron chi connectivity index (χ4n) is 1.70. The van der Waals surface area contributed by atoms with Crippen LogP contribution in [0.2, 0.25) is 0 Å². The molecule has 110 valence electrons. The lowest BCUT2D eigenvalue weighted by Crippen LogP contribution is -2.01. The van der Waals surface area contributed by atoms with Gasteiger partial charge in [-0.05, 0) is 25.1 Å². The first-order chi connectivity index (χ1) is 10.2. The lowest BCUT2D eigenvalue weighted by molar-refractivity contribution is -0.386. The summed E-state index contributed by atoms with van der Waals surface area (Å²) in [6.07, 6.45) is 0. The number of nitro groups is 1. The molecule has 0 radical (unpaired) electrons. The van der Waals surface area contributed by atoms with Gasteiger partial charge in [0.2, 0.25) is 0 Å². The first-order valence-electron chi connectivity index (χ1n) is 6.38. The third-order valence-corrected chi connectivity index (χ3v) is 2.65.